The van der Waals surface area contributed by atoms with E-state index in [1.54, 1.807) is 52.5 Å². The zero-order chi connectivity index (χ0) is 35.0. The van der Waals surface area contributed by atoms with Crippen LogP contribution in [0.5, 0.6) is 0 Å². The van der Waals surface area contributed by atoms with Crippen LogP contribution in [0, 0.1) is 25.7 Å². The van der Waals surface area contributed by atoms with Crippen molar-refractivity contribution in [1.29, 1.82) is 0 Å². The molecule has 2 amide bonds. The monoisotopic (exact) mass is 654 g/mol. The van der Waals surface area contributed by atoms with Gasteiger partial charge >= 0.3 is 6.09 Å². The molecule has 0 saturated carbocycles. The van der Waals surface area contributed by atoms with Gasteiger partial charge < -0.3 is 14.6 Å². The number of aryl methyl sites for hydroxylation is 3. The number of nitrogens with zero attached hydrogens (tertiary/aromatic N) is 7. The Kier molecular flexibility index (Phi) is 8.65. The van der Waals surface area contributed by atoms with Crippen molar-refractivity contribution in [1.82, 2.24) is 33.8 Å². The fourth-order valence-corrected chi connectivity index (χ4v) is 5.42. The minimum absolute atomic E-state index is 0.287. The summed E-state index contributed by atoms with van der Waals surface area (Å²) in [5, 5.41) is 4.96. The van der Waals surface area contributed by atoms with Crippen LogP contribution in [0.2, 0.25) is 0 Å². The maximum absolute atomic E-state index is 13.4. The number of benzene rings is 1. The summed E-state index contributed by atoms with van der Waals surface area (Å²) in [4.78, 5) is 45.9. The largest absolute Gasteiger partial charge is 0.444 e. The number of likely N-dealkylation sites (N-methyl/N-ethyl adjacent to an activating group) is 1. The van der Waals surface area contributed by atoms with E-state index in [0.717, 1.165) is 50.2 Å². The Bertz CT molecular complexity index is 2300. The molecule has 0 bridgehead atoms. The molecule has 5 heterocycles. The molecule has 0 saturated heterocycles. The van der Waals surface area contributed by atoms with Gasteiger partial charge in [-0.15, -0.1) is 0 Å². The van der Waals surface area contributed by atoms with Gasteiger partial charge in [0.15, 0.2) is 0 Å². The lowest BCUT2D eigenvalue weighted by Gasteiger charge is -2.28. The predicted molar refractivity (Wildman–Crippen MR) is 190 cm³/mol. The summed E-state index contributed by atoms with van der Waals surface area (Å²) in [5.74, 6) is 6.45. The van der Waals surface area contributed by atoms with Gasteiger partial charge in [-0.1, -0.05) is 12.0 Å². The number of pyridine rings is 3. The fourth-order valence-electron chi connectivity index (χ4n) is 5.42. The van der Waals surface area contributed by atoms with Gasteiger partial charge in [-0.3, -0.25) is 19.1 Å². The highest BCUT2D eigenvalue weighted by Crippen LogP contribution is 2.35. The molecule has 11 heteroatoms. The molecule has 49 heavy (non-hydrogen) atoms. The summed E-state index contributed by atoms with van der Waals surface area (Å²) in [5.41, 5.74) is 6.36. The number of aromatic nitrogens is 6. The molecule has 6 aromatic rings. The number of carbonyl (C=O) groups excluding carboxylic acids is 2. The van der Waals surface area contributed by atoms with Gasteiger partial charge in [-0.25, -0.2) is 19.7 Å². The molecular weight excluding hydrogens is 616 g/mol. The summed E-state index contributed by atoms with van der Waals surface area (Å²) in [6, 6.07) is 14.8. The Morgan fingerprint density at radius 1 is 1.02 bits per heavy atom. The van der Waals surface area contributed by atoms with Crippen LogP contribution in [0.15, 0.2) is 73.4 Å². The van der Waals surface area contributed by atoms with Crippen LogP contribution < -0.4 is 5.32 Å². The van der Waals surface area contributed by atoms with Crippen LogP contribution in [-0.4, -0.2) is 64.5 Å². The van der Waals surface area contributed by atoms with E-state index in [0.29, 0.717) is 11.4 Å². The first-order valence-corrected chi connectivity index (χ1v) is 15.9. The lowest BCUT2D eigenvalue weighted by Crippen LogP contribution is -2.45. The average molecular weight is 655 g/mol. The summed E-state index contributed by atoms with van der Waals surface area (Å²) in [6.07, 6.45) is 6.68. The zero-order valence-electron chi connectivity index (χ0n) is 28.9. The standard InChI is InChI=1S/C38H38N8O3/c1-23-16-18-46-33(19-23)43-34(31-21-39-22-44(31)7)35(46)29-12-14-32(42-36(47)25(3)45(8)37(48)49-38(4,5)6)41-30(29)13-10-26-9-11-28-24(2)40-17-15-27(28)20-26/h9,11-12,14-22,25H,1-8H3,(H,41,42,47). The summed E-state index contributed by atoms with van der Waals surface area (Å²) >= 11 is 0. The number of imidazole rings is 2. The average Bonchev–Trinajstić information content (AvgIpc) is 3.64. The Morgan fingerprint density at radius 3 is 2.55 bits per heavy atom. The molecule has 6 rings (SSSR count). The van der Waals surface area contributed by atoms with E-state index in [4.69, 9.17) is 14.7 Å². The maximum atomic E-state index is 13.4. The van der Waals surface area contributed by atoms with Crippen molar-refractivity contribution in [3.05, 3.63) is 96.0 Å². The molecule has 1 N–H and O–H groups in total. The Morgan fingerprint density at radius 2 is 1.82 bits per heavy atom. The van der Waals surface area contributed by atoms with Crippen LogP contribution in [0.1, 0.15) is 50.2 Å². The van der Waals surface area contributed by atoms with Crippen LogP contribution in [0.25, 0.3) is 39.1 Å². The van der Waals surface area contributed by atoms with E-state index in [1.807, 2.05) is 78.5 Å². The molecule has 0 aliphatic heterocycles. The number of ether oxygens (including phenoxy) is 1. The molecule has 11 nitrogen and oxygen atoms in total. The number of nitrogens with one attached hydrogen (secondary N) is 1. The minimum Gasteiger partial charge on any atom is -0.444 e. The predicted octanol–water partition coefficient (Wildman–Crippen LogP) is 6.56. The molecule has 0 radical (unpaired) electrons. The Labute approximate surface area is 285 Å². The van der Waals surface area contributed by atoms with E-state index >= 15 is 0 Å². The highest BCUT2D eigenvalue weighted by molar-refractivity contribution is 5.96. The van der Waals surface area contributed by atoms with E-state index in [1.165, 1.54) is 11.9 Å². The third kappa shape index (κ3) is 6.85. The second-order valence-corrected chi connectivity index (χ2v) is 13.1. The van der Waals surface area contributed by atoms with Crippen molar-refractivity contribution in [3.63, 3.8) is 0 Å². The van der Waals surface area contributed by atoms with Gasteiger partial charge in [-0.05, 0) is 101 Å². The zero-order valence-corrected chi connectivity index (χ0v) is 28.9. The molecule has 0 aliphatic rings. The summed E-state index contributed by atoms with van der Waals surface area (Å²) in [7, 11) is 3.45. The lowest BCUT2D eigenvalue weighted by molar-refractivity contribution is -0.120. The first-order valence-electron chi connectivity index (χ1n) is 15.9. The second kappa shape index (κ2) is 12.9. The third-order valence-corrected chi connectivity index (χ3v) is 8.17. The quantitative estimate of drug-likeness (QED) is 0.209. The van der Waals surface area contributed by atoms with Crippen LogP contribution in [0.3, 0.4) is 0 Å². The van der Waals surface area contributed by atoms with Crippen molar-refractivity contribution in [2.24, 2.45) is 7.05 Å². The number of rotatable bonds is 5. The normalized spacial score (nSPS) is 12.0. The Balaban J connectivity index is 1.46. The van der Waals surface area contributed by atoms with Gasteiger partial charge in [0.1, 0.15) is 34.5 Å². The first-order chi connectivity index (χ1) is 23.3. The number of carbonyl (C=O) groups is 2. The van der Waals surface area contributed by atoms with Crippen LogP contribution >= 0.6 is 0 Å². The number of hydrogen-bond donors (Lipinski definition) is 1. The van der Waals surface area contributed by atoms with Crippen molar-refractivity contribution >= 4 is 34.2 Å². The second-order valence-electron chi connectivity index (χ2n) is 13.1. The third-order valence-electron chi connectivity index (χ3n) is 8.17. The molecule has 248 valence electrons. The van der Waals surface area contributed by atoms with E-state index in [-0.39, 0.29) is 5.82 Å². The molecule has 0 fully saturated rings. The van der Waals surface area contributed by atoms with Crippen molar-refractivity contribution in [3.8, 4) is 34.5 Å². The van der Waals surface area contributed by atoms with Crippen LogP contribution in [-0.2, 0) is 16.6 Å². The van der Waals surface area contributed by atoms with Gasteiger partial charge in [0.05, 0.1) is 23.9 Å². The van der Waals surface area contributed by atoms with Crippen molar-refractivity contribution < 1.29 is 14.3 Å². The SMILES string of the molecule is Cc1ccn2c(-c3ccc(NC(=O)C(C)N(C)C(=O)OC(C)(C)C)nc3C#Cc3ccc4c(C)nccc4c3)c(-c3cncn3C)nc2c1. The molecule has 1 aromatic carbocycles. The van der Waals surface area contributed by atoms with E-state index in [2.05, 4.69) is 27.1 Å². The topological polar surface area (TPSA) is 120 Å². The number of amides is 2. The highest BCUT2D eigenvalue weighted by atomic mass is 16.6. The maximum Gasteiger partial charge on any atom is 0.410 e. The molecule has 0 aliphatic carbocycles. The van der Waals surface area contributed by atoms with E-state index < -0.39 is 23.6 Å². The highest BCUT2D eigenvalue weighted by Gasteiger charge is 2.28. The summed E-state index contributed by atoms with van der Waals surface area (Å²) in [6.45, 7) is 11.0. The minimum atomic E-state index is -0.833. The molecular formula is C38H38N8O3. The number of anilines is 1. The number of hydrogen-bond acceptors (Lipinski definition) is 7. The van der Waals surface area contributed by atoms with Crippen LogP contribution in [0.4, 0.5) is 10.6 Å². The fraction of sp³-hybridized carbons (Fsp3) is 0.263. The number of fused-ring (bicyclic) bond motifs is 2. The Hall–Kier alpha value is -6.02. The van der Waals surface area contributed by atoms with Gasteiger partial charge in [-0.2, -0.15) is 0 Å². The van der Waals surface area contributed by atoms with Crippen molar-refractivity contribution in [2.75, 3.05) is 12.4 Å². The smallest absolute Gasteiger partial charge is 0.410 e. The van der Waals surface area contributed by atoms with E-state index in [9.17, 15) is 9.59 Å². The van der Waals surface area contributed by atoms with Gasteiger partial charge in [0.2, 0.25) is 5.91 Å². The molecule has 1 atom stereocenters. The first kappa shape index (κ1) is 32.9. The molecule has 5 aromatic heterocycles. The molecule has 1 unspecified atom stereocenters. The summed E-state index contributed by atoms with van der Waals surface area (Å²) < 4.78 is 9.38. The molecule has 0 spiro atoms. The van der Waals surface area contributed by atoms with Gasteiger partial charge in [0, 0.05) is 48.7 Å². The van der Waals surface area contributed by atoms with Crippen molar-refractivity contribution in [2.45, 2.75) is 53.2 Å². The lowest BCUT2D eigenvalue weighted by atomic mass is 10.0. The van der Waals surface area contributed by atoms with Gasteiger partial charge in [0.25, 0.3) is 0 Å².